The van der Waals surface area contributed by atoms with Gasteiger partial charge in [-0.3, -0.25) is 9.59 Å². The van der Waals surface area contributed by atoms with Crippen LogP contribution in [-0.2, 0) is 10.2 Å². The molecule has 24 heavy (non-hydrogen) atoms. The number of carbonyl (C=O) groups excluding carboxylic acids is 1. The largest absolute Gasteiger partial charge is 0.504 e. The summed E-state index contributed by atoms with van der Waals surface area (Å²) < 4.78 is 0. The van der Waals surface area contributed by atoms with Crippen LogP contribution in [0.3, 0.4) is 0 Å². The van der Waals surface area contributed by atoms with E-state index < -0.39 is 5.41 Å². The molecule has 0 amide bonds. The Bertz CT molecular complexity index is 966. The molecule has 4 heteroatoms. The number of carbonyl (C=O) groups is 1. The Balaban J connectivity index is 2.51. The van der Waals surface area contributed by atoms with Gasteiger partial charge < -0.3 is 10.2 Å². The van der Waals surface area contributed by atoms with Crippen LogP contribution in [0.25, 0.3) is 16.8 Å². The fraction of sp³-hybridized carbons (Fsp3) is 0.300. The number of phenolic OH excluding ortho intramolecular Hbond substituents is 2. The van der Waals surface area contributed by atoms with Gasteiger partial charge in [0.15, 0.2) is 22.7 Å². The van der Waals surface area contributed by atoms with Crippen LogP contribution in [-0.4, -0.2) is 16.0 Å². The van der Waals surface area contributed by atoms with Gasteiger partial charge in [-0.25, -0.2) is 0 Å². The van der Waals surface area contributed by atoms with E-state index in [1.807, 2.05) is 13.8 Å². The minimum Gasteiger partial charge on any atom is -0.504 e. The molecule has 124 valence electrons. The fourth-order valence-electron chi connectivity index (χ4n) is 3.19. The van der Waals surface area contributed by atoms with Gasteiger partial charge in [-0.2, -0.15) is 0 Å². The summed E-state index contributed by atoms with van der Waals surface area (Å²) in [6, 6.07) is 4.76. The average Bonchev–Trinajstić information content (AvgIpc) is 2.64. The summed E-state index contributed by atoms with van der Waals surface area (Å²) in [6.07, 6.45) is 3.13. The summed E-state index contributed by atoms with van der Waals surface area (Å²) in [5, 5.41) is 21.3. The molecular formula is C20H20O4. The maximum atomic E-state index is 12.8. The van der Waals surface area contributed by atoms with Gasteiger partial charge >= 0.3 is 0 Å². The smallest absolute Gasteiger partial charge is 0.186 e. The minimum absolute atomic E-state index is 0.0437. The van der Waals surface area contributed by atoms with E-state index in [1.54, 1.807) is 32.1 Å². The maximum Gasteiger partial charge on any atom is 0.186 e. The molecule has 2 aromatic carbocycles. The van der Waals surface area contributed by atoms with E-state index in [9.17, 15) is 19.8 Å². The van der Waals surface area contributed by atoms with Gasteiger partial charge in [0.25, 0.3) is 0 Å². The molecule has 2 aromatic rings. The summed E-state index contributed by atoms with van der Waals surface area (Å²) >= 11 is 0. The molecule has 0 aromatic heterocycles. The number of rotatable bonds is 1. The Morgan fingerprint density at radius 1 is 0.917 bits per heavy atom. The third-order valence-corrected chi connectivity index (χ3v) is 4.82. The number of benzene rings is 1. The Morgan fingerprint density at radius 3 is 2.21 bits per heavy atom. The third-order valence-electron chi connectivity index (χ3n) is 4.82. The summed E-state index contributed by atoms with van der Waals surface area (Å²) in [7, 11) is 0. The molecule has 0 fully saturated rings. The Hall–Kier alpha value is -2.62. The van der Waals surface area contributed by atoms with E-state index in [0.717, 1.165) is 0 Å². The molecule has 1 aliphatic carbocycles. The van der Waals surface area contributed by atoms with Gasteiger partial charge in [0, 0.05) is 16.3 Å². The van der Waals surface area contributed by atoms with Crippen LogP contribution in [0, 0.1) is 0 Å². The number of aromatic hydroxyl groups is 2. The third kappa shape index (κ3) is 2.21. The van der Waals surface area contributed by atoms with Gasteiger partial charge in [-0.1, -0.05) is 19.9 Å². The number of phenols is 2. The molecule has 1 aliphatic rings. The summed E-state index contributed by atoms with van der Waals surface area (Å²) in [4.78, 5) is 24.9. The molecule has 4 nitrogen and oxygen atoms in total. The van der Waals surface area contributed by atoms with E-state index in [4.69, 9.17) is 0 Å². The molecule has 0 saturated heterocycles. The Morgan fingerprint density at radius 2 is 1.58 bits per heavy atom. The first-order chi connectivity index (χ1) is 11.1. The number of allylic oxidation sites excluding steroid dienone is 1. The first kappa shape index (κ1) is 16.2. The highest BCUT2D eigenvalue weighted by Crippen LogP contribution is 2.41. The zero-order valence-corrected chi connectivity index (χ0v) is 14.2. The predicted octanol–water partition coefficient (Wildman–Crippen LogP) is 3.61. The number of hydrogen-bond acceptors (Lipinski definition) is 4. The Kier molecular flexibility index (Phi) is 3.52. The van der Waals surface area contributed by atoms with E-state index in [-0.39, 0.29) is 34.0 Å². The zero-order valence-electron chi connectivity index (χ0n) is 14.2. The minimum atomic E-state index is -0.809. The van der Waals surface area contributed by atoms with Crippen molar-refractivity contribution in [3.8, 4) is 11.5 Å². The molecule has 2 N–H and O–H groups in total. The second kappa shape index (κ2) is 5.20. The molecule has 0 bridgehead atoms. The van der Waals surface area contributed by atoms with Crippen molar-refractivity contribution in [2.24, 2.45) is 0 Å². The molecular weight excluding hydrogens is 304 g/mol. The number of ketones is 1. The van der Waals surface area contributed by atoms with Crippen LogP contribution >= 0.6 is 0 Å². The first-order valence-corrected chi connectivity index (χ1v) is 7.94. The van der Waals surface area contributed by atoms with E-state index in [0.29, 0.717) is 22.1 Å². The zero-order chi connectivity index (χ0) is 17.8. The monoisotopic (exact) mass is 324 g/mol. The van der Waals surface area contributed by atoms with Crippen LogP contribution in [0.2, 0.25) is 0 Å². The van der Waals surface area contributed by atoms with Gasteiger partial charge in [0.2, 0.25) is 0 Å². The van der Waals surface area contributed by atoms with Crippen molar-refractivity contribution < 1.29 is 15.0 Å². The van der Waals surface area contributed by atoms with Crippen LogP contribution in [0.15, 0.2) is 29.1 Å². The highest BCUT2D eigenvalue weighted by Gasteiger charge is 2.32. The number of hydrogen-bond donors (Lipinski definition) is 2. The SMILES string of the molecule is CC(C)c1cc2c(=O)cc3c(cc2c(O)c1O)C=CC(=O)C3(C)C. The van der Waals surface area contributed by atoms with Crippen molar-refractivity contribution in [2.45, 2.75) is 39.0 Å². The lowest BCUT2D eigenvalue weighted by atomic mass is 9.76. The molecule has 3 rings (SSSR count). The molecule has 0 atom stereocenters. The summed E-state index contributed by atoms with van der Waals surface area (Å²) in [6.45, 7) is 7.31. The maximum absolute atomic E-state index is 12.8. The lowest BCUT2D eigenvalue weighted by molar-refractivity contribution is -0.118. The standard InChI is InChI=1S/C20H20O4/c1-10(2)12-8-13-14(19(24)18(12)23)7-11-5-6-17(22)20(3,4)15(11)9-16(13)21/h5-10,23-24H,1-4H3. The molecule has 0 spiro atoms. The second-order valence-electron chi connectivity index (χ2n) is 7.12. The van der Waals surface area contributed by atoms with Crippen molar-refractivity contribution in [3.05, 3.63) is 51.2 Å². The second-order valence-corrected chi connectivity index (χ2v) is 7.12. The first-order valence-electron chi connectivity index (χ1n) is 7.94. The fourth-order valence-corrected chi connectivity index (χ4v) is 3.19. The molecule has 0 saturated carbocycles. The van der Waals surface area contributed by atoms with Crippen molar-refractivity contribution in [3.63, 3.8) is 0 Å². The number of fused-ring (bicyclic) bond motifs is 2. The molecule has 0 aliphatic heterocycles. The van der Waals surface area contributed by atoms with Crippen LogP contribution in [0.4, 0.5) is 0 Å². The quantitative estimate of drug-likeness (QED) is 0.786. The van der Waals surface area contributed by atoms with E-state index in [2.05, 4.69) is 0 Å². The van der Waals surface area contributed by atoms with Crippen LogP contribution in [0.1, 0.15) is 50.3 Å². The van der Waals surface area contributed by atoms with Crippen LogP contribution < -0.4 is 5.43 Å². The van der Waals surface area contributed by atoms with Crippen molar-refractivity contribution in [2.75, 3.05) is 0 Å². The molecule has 0 radical (unpaired) electrons. The Labute approximate surface area is 140 Å². The average molecular weight is 324 g/mol. The predicted molar refractivity (Wildman–Crippen MR) is 94.7 cm³/mol. The van der Waals surface area contributed by atoms with Crippen molar-refractivity contribution in [1.82, 2.24) is 0 Å². The van der Waals surface area contributed by atoms with Crippen molar-refractivity contribution >= 4 is 22.6 Å². The van der Waals surface area contributed by atoms with Gasteiger partial charge in [0.05, 0.1) is 5.41 Å². The van der Waals surface area contributed by atoms with Gasteiger partial charge in [0.1, 0.15) is 0 Å². The van der Waals surface area contributed by atoms with Crippen molar-refractivity contribution in [1.29, 1.82) is 0 Å². The van der Waals surface area contributed by atoms with E-state index in [1.165, 1.54) is 12.1 Å². The topological polar surface area (TPSA) is 74.6 Å². The highest BCUT2D eigenvalue weighted by atomic mass is 16.3. The highest BCUT2D eigenvalue weighted by molar-refractivity contribution is 6.05. The van der Waals surface area contributed by atoms with Crippen LogP contribution in [0.5, 0.6) is 11.5 Å². The normalized spacial score (nSPS) is 15.8. The van der Waals surface area contributed by atoms with E-state index >= 15 is 0 Å². The summed E-state index contributed by atoms with van der Waals surface area (Å²) in [5.74, 6) is -0.612. The summed E-state index contributed by atoms with van der Waals surface area (Å²) in [5.41, 5.74) is 0.753. The lowest BCUT2D eigenvalue weighted by Crippen LogP contribution is -2.30. The molecule has 0 unspecified atom stereocenters. The molecule has 0 heterocycles. The van der Waals surface area contributed by atoms with Gasteiger partial charge in [-0.15, -0.1) is 0 Å². The lowest BCUT2D eigenvalue weighted by Gasteiger charge is -2.26. The van der Waals surface area contributed by atoms with Gasteiger partial charge in [-0.05, 0) is 55.2 Å².